The number of likely N-dealkylation sites (N-methyl/N-ethyl adjacent to an activating group) is 1. The number of rotatable bonds is 1. The maximum Gasteiger partial charge on any atom is 0.131 e. The zero-order chi connectivity index (χ0) is 14.6. The Morgan fingerprint density at radius 1 is 1.29 bits per heavy atom. The lowest BCUT2D eigenvalue weighted by molar-refractivity contribution is 0.397. The van der Waals surface area contributed by atoms with E-state index in [9.17, 15) is 0 Å². The Bertz CT molecular complexity index is 701. The van der Waals surface area contributed by atoms with Crippen molar-refractivity contribution in [2.24, 2.45) is 5.92 Å². The van der Waals surface area contributed by atoms with Gasteiger partial charge in [0.15, 0.2) is 0 Å². The molecule has 2 aliphatic heterocycles. The van der Waals surface area contributed by atoms with Gasteiger partial charge in [-0.1, -0.05) is 13.0 Å². The Hall–Kier alpha value is -1.97. The summed E-state index contributed by atoms with van der Waals surface area (Å²) in [6.45, 7) is 4.39. The van der Waals surface area contributed by atoms with Crippen molar-refractivity contribution in [1.82, 2.24) is 9.55 Å². The molecule has 1 atom stereocenters. The van der Waals surface area contributed by atoms with Crippen LogP contribution in [0.25, 0.3) is 11.3 Å². The van der Waals surface area contributed by atoms with Crippen LogP contribution in [0.4, 0.5) is 11.5 Å². The zero-order valence-electron chi connectivity index (χ0n) is 12.8. The number of aryl methyl sites for hydroxylation is 1. The van der Waals surface area contributed by atoms with Crippen LogP contribution in [-0.4, -0.2) is 23.1 Å². The van der Waals surface area contributed by atoms with Crippen molar-refractivity contribution in [1.29, 1.82) is 0 Å². The van der Waals surface area contributed by atoms with Gasteiger partial charge in [-0.25, -0.2) is 4.98 Å². The minimum absolute atomic E-state index is 0.690. The molecular formula is C17H22N4. The minimum Gasteiger partial charge on any atom is -0.383 e. The number of anilines is 2. The molecule has 2 aromatic rings. The Kier molecular flexibility index (Phi) is 2.74. The van der Waals surface area contributed by atoms with Gasteiger partial charge in [-0.3, -0.25) is 0 Å². The number of nitrogen functional groups attached to an aromatic ring is 1. The number of hydrogen-bond acceptors (Lipinski definition) is 3. The molecule has 21 heavy (non-hydrogen) atoms. The molecule has 4 nitrogen and oxygen atoms in total. The summed E-state index contributed by atoms with van der Waals surface area (Å²) in [4.78, 5) is 7.13. The molecule has 3 heterocycles. The first kappa shape index (κ1) is 12.7. The average Bonchev–Trinajstić information content (AvgIpc) is 3.01. The fourth-order valence-electron chi connectivity index (χ4n) is 3.61. The van der Waals surface area contributed by atoms with Gasteiger partial charge in [-0.15, -0.1) is 0 Å². The predicted molar refractivity (Wildman–Crippen MR) is 86.5 cm³/mol. The van der Waals surface area contributed by atoms with E-state index in [0.29, 0.717) is 5.92 Å². The second kappa shape index (κ2) is 4.52. The number of aromatic nitrogens is 2. The lowest BCUT2D eigenvalue weighted by atomic mass is 10.0. The number of hydrogen-bond donors (Lipinski definition) is 1. The Morgan fingerprint density at radius 2 is 2.14 bits per heavy atom. The minimum atomic E-state index is 0.690. The molecule has 4 heteroatoms. The molecule has 0 fully saturated rings. The van der Waals surface area contributed by atoms with E-state index in [-0.39, 0.29) is 0 Å². The summed E-state index contributed by atoms with van der Waals surface area (Å²) in [6.07, 6.45) is 3.37. The number of fused-ring (bicyclic) bond motifs is 2. The first-order valence-corrected chi connectivity index (χ1v) is 7.83. The van der Waals surface area contributed by atoms with Gasteiger partial charge in [0.2, 0.25) is 0 Å². The van der Waals surface area contributed by atoms with Gasteiger partial charge < -0.3 is 15.2 Å². The second-order valence-electron chi connectivity index (χ2n) is 6.53. The van der Waals surface area contributed by atoms with Crippen LogP contribution in [0.15, 0.2) is 18.2 Å². The monoisotopic (exact) mass is 282 g/mol. The van der Waals surface area contributed by atoms with Crippen molar-refractivity contribution in [3.8, 4) is 11.3 Å². The smallest absolute Gasteiger partial charge is 0.131 e. The van der Waals surface area contributed by atoms with E-state index in [0.717, 1.165) is 48.8 Å². The molecule has 1 aromatic carbocycles. The highest BCUT2D eigenvalue weighted by molar-refractivity contribution is 5.75. The molecule has 4 rings (SSSR count). The summed E-state index contributed by atoms with van der Waals surface area (Å²) in [5.41, 5.74) is 11.3. The molecule has 0 radical (unpaired) electrons. The fraction of sp³-hybridized carbons (Fsp3) is 0.471. The van der Waals surface area contributed by atoms with Gasteiger partial charge in [-0.2, -0.15) is 0 Å². The summed E-state index contributed by atoms with van der Waals surface area (Å²) in [5, 5.41) is 0. The van der Waals surface area contributed by atoms with E-state index >= 15 is 0 Å². The van der Waals surface area contributed by atoms with E-state index < -0.39 is 0 Å². The predicted octanol–water partition coefficient (Wildman–Crippen LogP) is 2.71. The normalized spacial score (nSPS) is 20.5. The number of nitrogens with two attached hydrogens (primary N) is 1. The number of nitrogens with zero attached hydrogens (tertiary/aromatic N) is 3. The molecule has 0 saturated carbocycles. The van der Waals surface area contributed by atoms with Gasteiger partial charge in [0, 0.05) is 37.8 Å². The van der Waals surface area contributed by atoms with Crippen LogP contribution in [0, 0.1) is 5.92 Å². The summed E-state index contributed by atoms with van der Waals surface area (Å²) < 4.78 is 2.21. The summed E-state index contributed by atoms with van der Waals surface area (Å²) >= 11 is 0. The summed E-state index contributed by atoms with van der Waals surface area (Å²) in [6, 6.07) is 6.64. The van der Waals surface area contributed by atoms with Crippen molar-refractivity contribution < 1.29 is 0 Å². The molecule has 0 aliphatic carbocycles. The number of benzene rings is 1. The van der Waals surface area contributed by atoms with E-state index in [4.69, 9.17) is 10.7 Å². The molecule has 0 spiro atoms. The van der Waals surface area contributed by atoms with E-state index in [1.165, 1.54) is 17.7 Å². The van der Waals surface area contributed by atoms with E-state index in [2.05, 4.69) is 41.6 Å². The van der Waals surface area contributed by atoms with Crippen molar-refractivity contribution in [3.05, 3.63) is 29.6 Å². The highest BCUT2D eigenvalue weighted by Gasteiger charge is 2.23. The van der Waals surface area contributed by atoms with Crippen molar-refractivity contribution in [2.75, 3.05) is 24.2 Å². The third-order valence-corrected chi connectivity index (χ3v) is 4.92. The number of imidazole rings is 1. The molecule has 0 amide bonds. The molecule has 2 aliphatic rings. The molecule has 110 valence electrons. The topological polar surface area (TPSA) is 47.1 Å². The van der Waals surface area contributed by atoms with Gasteiger partial charge in [-0.05, 0) is 36.5 Å². The first-order valence-electron chi connectivity index (χ1n) is 7.83. The second-order valence-corrected chi connectivity index (χ2v) is 6.53. The third-order valence-electron chi connectivity index (χ3n) is 4.92. The van der Waals surface area contributed by atoms with E-state index in [1.807, 2.05) is 0 Å². The van der Waals surface area contributed by atoms with Crippen LogP contribution in [-0.2, 0) is 19.4 Å². The molecule has 0 saturated heterocycles. The van der Waals surface area contributed by atoms with Gasteiger partial charge in [0.25, 0.3) is 0 Å². The third kappa shape index (κ3) is 1.93. The highest BCUT2D eigenvalue weighted by atomic mass is 15.2. The first-order chi connectivity index (χ1) is 10.1. The van der Waals surface area contributed by atoms with Crippen LogP contribution in [0.1, 0.15) is 24.7 Å². The van der Waals surface area contributed by atoms with Crippen LogP contribution in [0.5, 0.6) is 0 Å². The molecule has 0 bridgehead atoms. The largest absolute Gasteiger partial charge is 0.383 e. The quantitative estimate of drug-likeness (QED) is 0.875. The lowest BCUT2D eigenvalue weighted by Crippen LogP contribution is -2.19. The molecule has 1 aromatic heterocycles. The van der Waals surface area contributed by atoms with Gasteiger partial charge >= 0.3 is 0 Å². The Morgan fingerprint density at radius 3 is 3.00 bits per heavy atom. The SMILES string of the molecule is CC1CCc2nc(-c3ccc4c(c3)CCN4C)c(N)n2C1. The van der Waals surface area contributed by atoms with Crippen LogP contribution >= 0.6 is 0 Å². The Balaban J connectivity index is 1.78. The fourth-order valence-corrected chi connectivity index (χ4v) is 3.61. The summed E-state index contributed by atoms with van der Waals surface area (Å²) in [5.74, 6) is 2.68. The average molecular weight is 282 g/mol. The molecular weight excluding hydrogens is 260 g/mol. The van der Waals surface area contributed by atoms with Crippen LogP contribution in [0.3, 0.4) is 0 Å². The highest BCUT2D eigenvalue weighted by Crippen LogP contribution is 2.35. The Labute approximate surface area is 125 Å². The maximum absolute atomic E-state index is 6.38. The zero-order valence-corrected chi connectivity index (χ0v) is 12.8. The lowest BCUT2D eigenvalue weighted by Gasteiger charge is -2.20. The molecule has 2 N–H and O–H groups in total. The van der Waals surface area contributed by atoms with Crippen LogP contribution in [0.2, 0.25) is 0 Å². The van der Waals surface area contributed by atoms with Crippen molar-refractivity contribution in [2.45, 2.75) is 32.7 Å². The standard InChI is InChI=1S/C17H22N4/c1-11-3-6-15-19-16(17(18)21(15)10-11)13-4-5-14-12(9-13)7-8-20(14)2/h4-5,9,11H,3,6-8,10,18H2,1-2H3. The van der Waals surface area contributed by atoms with E-state index in [1.54, 1.807) is 0 Å². The van der Waals surface area contributed by atoms with Gasteiger partial charge in [0.05, 0.1) is 0 Å². The maximum atomic E-state index is 6.38. The van der Waals surface area contributed by atoms with Gasteiger partial charge in [0.1, 0.15) is 17.3 Å². The summed E-state index contributed by atoms with van der Waals surface area (Å²) in [7, 11) is 2.15. The van der Waals surface area contributed by atoms with Crippen molar-refractivity contribution in [3.63, 3.8) is 0 Å². The molecule has 1 unspecified atom stereocenters. The van der Waals surface area contributed by atoms with Crippen molar-refractivity contribution >= 4 is 11.5 Å². The van der Waals surface area contributed by atoms with Crippen LogP contribution < -0.4 is 10.6 Å².